The Labute approximate surface area is 149 Å². The molecule has 1 saturated heterocycles. The predicted molar refractivity (Wildman–Crippen MR) is 95.9 cm³/mol. The molecule has 4 nitrogen and oxygen atoms in total. The molecule has 1 saturated carbocycles. The molecule has 2 heterocycles. The molecule has 0 unspecified atom stereocenters. The Morgan fingerprint density at radius 1 is 1.17 bits per heavy atom. The van der Waals surface area contributed by atoms with Gasteiger partial charge >= 0.3 is 0 Å². The molecule has 1 amide bonds. The van der Waals surface area contributed by atoms with Crippen LogP contribution in [0.2, 0.25) is 5.22 Å². The van der Waals surface area contributed by atoms with Crippen molar-refractivity contribution in [1.82, 2.24) is 10.2 Å². The van der Waals surface area contributed by atoms with E-state index in [4.69, 9.17) is 16.0 Å². The van der Waals surface area contributed by atoms with Crippen LogP contribution in [-0.4, -0.2) is 30.4 Å². The Morgan fingerprint density at radius 2 is 1.92 bits per heavy atom. The van der Waals surface area contributed by atoms with Crippen LogP contribution in [0.15, 0.2) is 16.5 Å². The maximum absolute atomic E-state index is 12.0. The Morgan fingerprint density at radius 3 is 2.58 bits per heavy atom. The van der Waals surface area contributed by atoms with Gasteiger partial charge in [-0.2, -0.15) is 0 Å². The smallest absolute Gasteiger partial charge is 0.220 e. The van der Waals surface area contributed by atoms with Gasteiger partial charge in [0.05, 0.1) is 6.54 Å². The van der Waals surface area contributed by atoms with Crippen molar-refractivity contribution in [2.24, 2.45) is 11.8 Å². The van der Waals surface area contributed by atoms with E-state index >= 15 is 0 Å². The number of amides is 1. The highest BCUT2D eigenvalue weighted by Crippen LogP contribution is 2.28. The molecule has 0 spiro atoms. The molecule has 0 aromatic carbocycles. The Balaban J connectivity index is 1.28. The van der Waals surface area contributed by atoms with Gasteiger partial charge in [0, 0.05) is 13.0 Å². The van der Waals surface area contributed by atoms with Crippen LogP contribution >= 0.6 is 11.6 Å². The van der Waals surface area contributed by atoms with Gasteiger partial charge in [0.25, 0.3) is 0 Å². The molecule has 0 radical (unpaired) electrons. The first-order valence-electron chi connectivity index (χ1n) is 9.42. The van der Waals surface area contributed by atoms with Crippen molar-refractivity contribution in [3.05, 3.63) is 23.1 Å². The van der Waals surface area contributed by atoms with Crippen LogP contribution in [-0.2, 0) is 11.3 Å². The normalized spacial score (nSPS) is 20.5. The summed E-state index contributed by atoms with van der Waals surface area (Å²) in [6.45, 7) is 3.78. The minimum atomic E-state index is 0.245. The second-order valence-corrected chi connectivity index (χ2v) is 7.79. The molecule has 1 aliphatic heterocycles. The molecular formula is C19H29ClN2O2. The van der Waals surface area contributed by atoms with Crippen LogP contribution in [0.3, 0.4) is 0 Å². The lowest BCUT2D eigenvalue weighted by Gasteiger charge is -2.31. The molecule has 134 valence electrons. The number of hydrogen-bond acceptors (Lipinski definition) is 3. The lowest BCUT2D eigenvalue weighted by atomic mass is 9.96. The number of rotatable bonds is 7. The van der Waals surface area contributed by atoms with Crippen molar-refractivity contribution in [3.63, 3.8) is 0 Å². The van der Waals surface area contributed by atoms with E-state index in [9.17, 15) is 4.79 Å². The lowest BCUT2D eigenvalue weighted by molar-refractivity contribution is -0.121. The van der Waals surface area contributed by atoms with Gasteiger partial charge in [-0.3, -0.25) is 9.69 Å². The Kier molecular flexibility index (Phi) is 6.61. The monoisotopic (exact) mass is 352 g/mol. The van der Waals surface area contributed by atoms with Gasteiger partial charge in [-0.25, -0.2) is 0 Å². The lowest BCUT2D eigenvalue weighted by Crippen LogP contribution is -2.38. The fourth-order valence-corrected chi connectivity index (χ4v) is 4.15. The first-order valence-corrected chi connectivity index (χ1v) is 9.80. The van der Waals surface area contributed by atoms with Gasteiger partial charge < -0.3 is 9.73 Å². The molecule has 1 aromatic rings. The number of nitrogens with one attached hydrogen (secondary N) is 1. The van der Waals surface area contributed by atoms with Crippen LogP contribution in [0.25, 0.3) is 0 Å². The third-order valence-electron chi connectivity index (χ3n) is 5.56. The molecule has 1 aliphatic carbocycles. The zero-order valence-corrected chi connectivity index (χ0v) is 15.2. The number of halogens is 1. The zero-order chi connectivity index (χ0) is 16.8. The molecular weight excluding hydrogens is 324 g/mol. The molecule has 1 N–H and O–H groups in total. The Hall–Kier alpha value is -1.00. The van der Waals surface area contributed by atoms with Crippen molar-refractivity contribution < 1.29 is 9.21 Å². The van der Waals surface area contributed by atoms with Crippen molar-refractivity contribution in [3.8, 4) is 0 Å². The first-order chi connectivity index (χ1) is 11.7. The molecule has 5 heteroatoms. The van der Waals surface area contributed by atoms with Crippen LogP contribution in [0.1, 0.15) is 57.1 Å². The summed E-state index contributed by atoms with van der Waals surface area (Å²) >= 11 is 5.81. The van der Waals surface area contributed by atoms with E-state index in [0.29, 0.717) is 17.6 Å². The van der Waals surface area contributed by atoms with E-state index in [1.54, 1.807) is 6.07 Å². The minimum Gasteiger partial charge on any atom is -0.448 e. The first kappa shape index (κ1) is 17.8. The highest BCUT2D eigenvalue weighted by atomic mass is 35.5. The summed E-state index contributed by atoms with van der Waals surface area (Å²) in [5.41, 5.74) is 0. The van der Waals surface area contributed by atoms with Gasteiger partial charge in [0.1, 0.15) is 5.76 Å². The number of furan rings is 1. The summed E-state index contributed by atoms with van der Waals surface area (Å²) in [7, 11) is 0. The van der Waals surface area contributed by atoms with Gasteiger partial charge in [-0.15, -0.1) is 0 Å². The number of likely N-dealkylation sites (tertiary alicyclic amines) is 1. The van der Waals surface area contributed by atoms with Gasteiger partial charge in [0.2, 0.25) is 5.91 Å². The highest BCUT2D eigenvalue weighted by molar-refractivity contribution is 6.28. The van der Waals surface area contributed by atoms with Crippen molar-refractivity contribution in [2.45, 2.75) is 57.9 Å². The number of nitrogens with zero attached hydrogens (tertiary/aromatic N) is 1. The van der Waals surface area contributed by atoms with E-state index in [2.05, 4.69) is 10.2 Å². The van der Waals surface area contributed by atoms with Crippen LogP contribution in [0, 0.1) is 11.8 Å². The molecule has 1 aromatic heterocycles. The van der Waals surface area contributed by atoms with Crippen molar-refractivity contribution >= 4 is 17.5 Å². The average Bonchev–Trinajstić information content (AvgIpc) is 3.24. The number of hydrogen-bond donors (Lipinski definition) is 1. The molecule has 3 rings (SSSR count). The van der Waals surface area contributed by atoms with E-state index in [-0.39, 0.29) is 5.91 Å². The van der Waals surface area contributed by atoms with Crippen molar-refractivity contribution in [1.29, 1.82) is 0 Å². The second-order valence-electron chi connectivity index (χ2n) is 7.42. The van der Waals surface area contributed by atoms with Gasteiger partial charge in [-0.1, -0.05) is 25.7 Å². The molecule has 0 atom stereocenters. The number of carbonyl (C=O) groups is 1. The fraction of sp³-hybridized carbons (Fsp3) is 0.737. The number of piperidine rings is 1. The topological polar surface area (TPSA) is 45.5 Å². The summed E-state index contributed by atoms with van der Waals surface area (Å²) < 4.78 is 5.43. The number of carbonyl (C=O) groups excluding carboxylic acids is 1. The van der Waals surface area contributed by atoms with E-state index in [1.807, 2.05) is 6.07 Å². The summed E-state index contributed by atoms with van der Waals surface area (Å²) in [5, 5.41) is 3.61. The average molecular weight is 353 g/mol. The third kappa shape index (κ3) is 5.52. The summed E-state index contributed by atoms with van der Waals surface area (Å²) in [4.78, 5) is 14.4. The predicted octanol–water partition coefficient (Wildman–Crippen LogP) is 4.23. The second kappa shape index (κ2) is 8.91. The molecule has 2 fully saturated rings. The molecule has 0 bridgehead atoms. The highest BCUT2D eigenvalue weighted by Gasteiger charge is 2.21. The zero-order valence-electron chi connectivity index (χ0n) is 14.4. The largest absolute Gasteiger partial charge is 0.448 e. The SMILES string of the molecule is O=C(CCC1CCCC1)NCC1CCN(Cc2ccc(Cl)o2)CC1. The standard InChI is InChI=1S/C19H29ClN2O2/c20-18-7-6-17(24-18)14-22-11-9-16(10-12-22)13-21-19(23)8-5-15-3-1-2-4-15/h6-7,15-16H,1-5,8-14H2,(H,21,23). The summed E-state index contributed by atoms with van der Waals surface area (Å²) in [6.07, 6.45) is 9.43. The summed E-state index contributed by atoms with van der Waals surface area (Å²) in [6, 6.07) is 3.74. The van der Waals surface area contributed by atoms with Crippen LogP contribution in [0.4, 0.5) is 0 Å². The summed E-state index contributed by atoms with van der Waals surface area (Å²) in [5.74, 6) is 2.58. The van der Waals surface area contributed by atoms with Crippen LogP contribution in [0.5, 0.6) is 0 Å². The van der Waals surface area contributed by atoms with E-state index in [0.717, 1.165) is 57.1 Å². The minimum absolute atomic E-state index is 0.245. The fourth-order valence-electron chi connectivity index (χ4n) is 3.99. The maximum atomic E-state index is 12.0. The van der Waals surface area contributed by atoms with E-state index < -0.39 is 0 Å². The van der Waals surface area contributed by atoms with Crippen LogP contribution < -0.4 is 5.32 Å². The maximum Gasteiger partial charge on any atom is 0.220 e. The molecule has 2 aliphatic rings. The quantitative estimate of drug-likeness (QED) is 0.798. The molecule has 24 heavy (non-hydrogen) atoms. The van der Waals surface area contributed by atoms with E-state index in [1.165, 1.54) is 25.7 Å². The third-order valence-corrected chi connectivity index (χ3v) is 5.76. The van der Waals surface area contributed by atoms with Crippen molar-refractivity contribution in [2.75, 3.05) is 19.6 Å². The van der Waals surface area contributed by atoms with Gasteiger partial charge in [-0.05, 0) is 67.9 Å². The Bertz CT molecular complexity index is 517. The van der Waals surface area contributed by atoms with Gasteiger partial charge in [0.15, 0.2) is 5.22 Å².